The first-order valence-electron chi connectivity index (χ1n) is 10.1. The van der Waals surface area contributed by atoms with Crippen LogP contribution < -0.4 is 10.6 Å². The summed E-state index contributed by atoms with van der Waals surface area (Å²) >= 11 is 0. The first-order valence-corrected chi connectivity index (χ1v) is 10.1. The highest BCUT2D eigenvalue weighted by atomic mass is 16.5. The zero-order valence-electron chi connectivity index (χ0n) is 16.5. The van der Waals surface area contributed by atoms with E-state index in [9.17, 15) is 4.79 Å². The third kappa shape index (κ3) is 4.90. The van der Waals surface area contributed by atoms with Crippen LogP contribution in [0.1, 0.15) is 17.5 Å². The van der Waals surface area contributed by atoms with Gasteiger partial charge >= 0.3 is 6.03 Å². The fourth-order valence-electron chi connectivity index (χ4n) is 3.77. The molecule has 0 atom stereocenters. The Balaban J connectivity index is 1.39. The summed E-state index contributed by atoms with van der Waals surface area (Å²) in [5, 5.41) is 0. The van der Waals surface area contributed by atoms with Crippen LogP contribution in [0.25, 0.3) is 11.1 Å². The second-order valence-corrected chi connectivity index (χ2v) is 7.39. The van der Waals surface area contributed by atoms with Crippen molar-refractivity contribution in [2.75, 3.05) is 50.9 Å². The summed E-state index contributed by atoms with van der Waals surface area (Å²) in [6.07, 6.45) is 7.21. The van der Waals surface area contributed by atoms with Crippen LogP contribution in [0, 0.1) is 0 Å². The van der Waals surface area contributed by atoms with Gasteiger partial charge in [0.05, 0.1) is 26.4 Å². The van der Waals surface area contributed by atoms with E-state index in [1.165, 1.54) is 0 Å². The number of primary amides is 1. The van der Waals surface area contributed by atoms with Gasteiger partial charge in [-0.25, -0.2) is 9.78 Å². The molecule has 4 rings (SSSR count). The van der Waals surface area contributed by atoms with Crippen LogP contribution in [-0.4, -0.2) is 66.9 Å². The van der Waals surface area contributed by atoms with Crippen LogP contribution in [0.4, 0.5) is 10.6 Å². The summed E-state index contributed by atoms with van der Waals surface area (Å²) in [6, 6.07) is 3.71. The van der Waals surface area contributed by atoms with Crippen molar-refractivity contribution in [1.29, 1.82) is 0 Å². The van der Waals surface area contributed by atoms with Gasteiger partial charge in [0, 0.05) is 55.9 Å². The molecular formula is C21H27N5O3. The van der Waals surface area contributed by atoms with Crippen LogP contribution >= 0.6 is 0 Å². The fourth-order valence-corrected chi connectivity index (χ4v) is 3.77. The molecule has 1 saturated heterocycles. The first kappa shape index (κ1) is 19.8. The SMILES string of the molecule is NC(=O)N1CCCc2cc(-c3cncc(COCCN4CCOCC4)c3)cnc21. The molecule has 2 aromatic heterocycles. The highest BCUT2D eigenvalue weighted by Gasteiger charge is 2.22. The molecule has 8 nitrogen and oxygen atoms in total. The van der Waals surface area contributed by atoms with E-state index in [1.54, 1.807) is 11.1 Å². The number of nitrogens with zero attached hydrogens (tertiary/aromatic N) is 4. The molecule has 29 heavy (non-hydrogen) atoms. The molecule has 154 valence electrons. The van der Waals surface area contributed by atoms with Gasteiger partial charge in [0.1, 0.15) is 5.82 Å². The van der Waals surface area contributed by atoms with Gasteiger partial charge in [-0.15, -0.1) is 0 Å². The molecule has 2 aromatic rings. The smallest absolute Gasteiger partial charge is 0.320 e. The largest absolute Gasteiger partial charge is 0.379 e. The van der Waals surface area contributed by atoms with E-state index in [4.69, 9.17) is 15.2 Å². The minimum Gasteiger partial charge on any atom is -0.379 e. The van der Waals surface area contributed by atoms with Crippen molar-refractivity contribution < 1.29 is 14.3 Å². The molecule has 0 radical (unpaired) electrons. The number of aryl methyl sites for hydroxylation is 1. The molecule has 2 N–H and O–H groups in total. The van der Waals surface area contributed by atoms with Gasteiger partial charge < -0.3 is 15.2 Å². The monoisotopic (exact) mass is 397 g/mol. The molecule has 2 aliphatic rings. The maximum absolute atomic E-state index is 11.6. The number of morpholine rings is 1. The fraction of sp³-hybridized carbons (Fsp3) is 0.476. The number of rotatable bonds is 6. The number of aromatic nitrogens is 2. The van der Waals surface area contributed by atoms with E-state index in [1.807, 2.05) is 12.4 Å². The lowest BCUT2D eigenvalue weighted by Crippen LogP contribution is -2.40. The number of fused-ring (bicyclic) bond motifs is 1. The van der Waals surface area contributed by atoms with Crippen LogP contribution in [0.3, 0.4) is 0 Å². The standard InChI is InChI=1S/C21H27N5O3/c22-21(27)26-3-1-2-17-11-19(14-24-20(17)26)18-10-16(12-23-13-18)15-29-9-6-25-4-7-28-8-5-25/h10-14H,1-9,15H2,(H2,22,27). The Labute approximate surface area is 170 Å². The Morgan fingerprint density at radius 1 is 1.14 bits per heavy atom. The van der Waals surface area contributed by atoms with E-state index in [-0.39, 0.29) is 0 Å². The molecule has 2 aliphatic heterocycles. The van der Waals surface area contributed by atoms with Crippen LogP contribution in [0.2, 0.25) is 0 Å². The highest BCUT2D eigenvalue weighted by molar-refractivity contribution is 5.91. The lowest BCUT2D eigenvalue weighted by atomic mass is 10.0. The van der Waals surface area contributed by atoms with E-state index in [2.05, 4.69) is 27.0 Å². The minimum absolute atomic E-state index is 0.455. The number of carbonyl (C=O) groups is 1. The summed E-state index contributed by atoms with van der Waals surface area (Å²) in [4.78, 5) is 24.4. The number of hydrogen-bond acceptors (Lipinski definition) is 6. The summed E-state index contributed by atoms with van der Waals surface area (Å²) < 4.78 is 11.2. The molecule has 0 bridgehead atoms. The van der Waals surface area contributed by atoms with E-state index in [0.29, 0.717) is 25.6 Å². The van der Waals surface area contributed by atoms with Crippen molar-refractivity contribution in [2.24, 2.45) is 5.73 Å². The van der Waals surface area contributed by atoms with E-state index >= 15 is 0 Å². The third-order valence-corrected chi connectivity index (χ3v) is 5.34. The summed E-state index contributed by atoms with van der Waals surface area (Å²) in [6.45, 7) is 6.30. The lowest BCUT2D eigenvalue weighted by molar-refractivity contribution is 0.0180. The van der Waals surface area contributed by atoms with Gasteiger partial charge in [-0.3, -0.25) is 14.8 Å². The number of hydrogen-bond donors (Lipinski definition) is 1. The number of urea groups is 1. The topological polar surface area (TPSA) is 93.8 Å². The summed E-state index contributed by atoms with van der Waals surface area (Å²) in [5.74, 6) is 0.669. The Morgan fingerprint density at radius 2 is 1.97 bits per heavy atom. The van der Waals surface area contributed by atoms with Gasteiger partial charge in [0.2, 0.25) is 0 Å². The molecule has 0 aromatic carbocycles. The quantitative estimate of drug-likeness (QED) is 0.748. The second-order valence-electron chi connectivity index (χ2n) is 7.39. The van der Waals surface area contributed by atoms with Crippen molar-refractivity contribution in [3.63, 3.8) is 0 Å². The van der Waals surface area contributed by atoms with Gasteiger partial charge in [0.15, 0.2) is 0 Å². The predicted octanol–water partition coefficient (Wildman–Crippen LogP) is 1.82. The minimum atomic E-state index is -0.455. The molecule has 4 heterocycles. The van der Waals surface area contributed by atoms with Crippen LogP contribution in [-0.2, 0) is 22.5 Å². The third-order valence-electron chi connectivity index (χ3n) is 5.34. The first-order chi connectivity index (χ1) is 14.2. The number of nitrogens with two attached hydrogens (primary N) is 1. The molecule has 0 aliphatic carbocycles. The maximum Gasteiger partial charge on any atom is 0.320 e. The molecule has 1 fully saturated rings. The van der Waals surface area contributed by atoms with Crippen molar-refractivity contribution in [3.05, 3.63) is 41.9 Å². The van der Waals surface area contributed by atoms with Crippen LogP contribution in [0.15, 0.2) is 30.7 Å². The average Bonchev–Trinajstić information content (AvgIpc) is 2.77. The van der Waals surface area contributed by atoms with Crippen LogP contribution in [0.5, 0.6) is 0 Å². The summed E-state index contributed by atoms with van der Waals surface area (Å²) in [5.41, 5.74) is 9.52. The van der Waals surface area contributed by atoms with Crippen molar-refractivity contribution in [1.82, 2.24) is 14.9 Å². The van der Waals surface area contributed by atoms with Crippen molar-refractivity contribution in [2.45, 2.75) is 19.4 Å². The summed E-state index contributed by atoms with van der Waals surface area (Å²) in [7, 11) is 0. The number of carbonyl (C=O) groups excluding carboxylic acids is 1. The molecule has 0 unspecified atom stereocenters. The van der Waals surface area contributed by atoms with Gasteiger partial charge in [-0.2, -0.15) is 0 Å². The van der Waals surface area contributed by atoms with Gasteiger partial charge in [-0.1, -0.05) is 0 Å². The Kier molecular flexibility index (Phi) is 6.33. The van der Waals surface area contributed by atoms with Gasteiger partial charge in [-0.05, 0) is 36.1 Å². The Bertz CT molecular complexity index is 854. The second kappa shape index (κ2) is 9.30. The molecule has 0 spiro atoms. The Morgan fingerprint density at radius 3 is 2.79 bits per heavy atom. The molecule has 2 amide bonds. The normalized spacial score (nSPS) is 17.2. The number of ether oxygens (including phenoxy) is 2. The molecule has 0 saturated carbocycles. The van der Waals surface area contributed by atoms with Crippen molar-refractivity contribution in [3.8, 4) is 11.1 Å². The zero-order chi connectivity index (χ0) is 20.1. The van der Waals surface area contributed by atoms with E-state index < -0.39 is 6.03 Å². The zero-order valence-corrected chi connectivity index (χ0v) is 16.5. The maximum atomic E-state index is 11.6. The molecular weight excluding hydrogens is 370 g/mol. The molecule has 8 heteroatoms. The van der Waals surface area contributed by atoms with Gasteiger partial charge in [0.25, 0.3) is 0 Å². The lowest BCUT2D eigenvalue weighted by Gasteiger charge is -2.27. The number of anilines is 1. The Hall–Kier alpha value is -2.55. The van der Waals surface area contributed by atoms with E-state index in [0.717, 1.165) is 67.9 Å². The number of amides is 2. The predicted molar refractivity (Wildman–Crippen MR) is 110 cm³/mol. The van der Waals surface area contributed by atoms with Crippen molar-refractivity contribution >= 4 is 11.8 Å². The average molecular weight is 397 g/mol. The highest BCUT2D eigenvalue weighted by Crippen LogP contribution is 2.29. The number of pyridine rings is 2.